The Kier molecular flexibility index (Phi) is 4.48. The van der Waals surface area contributed by atoms with Gasteiger partial charge in [-0.25, -0.2) is 0 Å². The first-order chi connectivity index (χ1) is 12.2. The molecule has 0 aromatic carbocycles. The molecule has 1 saturated heterocycles. The van der Waals surface area contributed by atoms with Crippen molar-refractivity contribution in [2.24, 2.45) is 0 Å². The smallest absolute Gasteiger partial charge is 0.255 e. The van der Waals surface area contributed by atoms with Crippen molar-refractivity contribution >= 4 is 5.91 Å². The van der Waals surface area contributed by atoms with Crippen LogP contribution in [0.15, 0.2) is 22.9 Å². The number of aryl methyl sites for hydroxylation is 1. The maximum Gasteiger partial charge on any atom is 0.255 e. The molecule has 2 aromatic heterocycles. The van der Waals surface area contributed by atoms with Gasteiger partial charge in [-0.1, -0.05) is 5.16 Å². The summed E-state index contributed by atoms with van der Waals surface area (Å²) < 4.78 is 11.1. The van der Waals surface area contributed by atoms with Crippen LogP contribution < -0.4 is 0 Å². The molecule has 1 aliphatic carbocycles. The summed E-state index contributed by atoms with van der Waals surface area (Å²) in [6.45, 7) is 3.54. The molecule has 2 fully saturated rings. The van der Waals surface area contributed by atoms with Crippen LogP contribution in [0.1, 0.15) is 59.4 Å². The molecule has 0 unspecified atom stereocenters. The molecule has 1 amide bonds. The third kappa shape index (κ3) is 3.87. The third-order valence-corrected chi connectivity index (χ3v) is 4.69. The molecule has 2 aromatic rings. The van der Waals surface area contributed by atoms with E-state index >= 15 is 0 Å². The van der Waals surface area contributed by atoms with Gasteiger partial charge in [-0.15, -0.1) is 0 Å². The van der Waals surface area contributed by atoms with Gasteiger partial charge in [-0.2, -0.15) is 4.98 Å². The van der Waals surface area contributed by atoms with Crippen LogP contribution in [0.4, 0.5) is 0 Å². The highest BCUT2D eigenvalue weighted by molar-refractivity contribution is 5.94. The SMILES string of the molecule is Cc1ccc(C(=O)N2CCC[C@H](OCc3nc(C4CC4)no3)C2)cn1. The molecule has 7 heteroatoms. The molecule has 0 spiro atoms. The van der Waals surface area contributed by atoms with Gasteiger partial charge in [0.25, 0.3) is 11.8 Å². The van der Waals surface area contributed by atoms with Gasteiger partial charge in [0.1, 0.15) is 6.61 Å². The summed E-state index contributed by atoms with van der Waals surface area (Å²) in [6, 6.07) is 3.69. The topological polar surface area (TPSA) is 81.4 Å². The fraction of sp³-hybridized carbons (Fsp3) is 0.556. The van der Waals surface area contributed by atoms with E-state index in [0.717, 1.165) is 43.7 Å². The van der Waals surface area contributed by atoms with Crippen molar-refractivity contribution in [2.45, 2.75) is 51.2 Å². The highest BCUT2D eigenvalue weighted by atomic mass is 16.5. The van der Waals surface area contributed by atoms with Gasteiger partial charge >= 0.3 is 0 Å². The lowest BCUT2D eigenvalue weighted by atomic mass is 10.1. The van der Waals surface area contributed by atoms with E-state index in [1.54, 1.807) is 6.20 Å². The first-order valence-corrected chi connectivity index (χ1v) is 8.85. The molecule has 1 saturated carbocycles. The number of likely N-dealkylation sites (tertiary alicyclic amines) is 1. The van der Waals surface area contributed by atoms with E-state index in [0.29, 0.717) is 30.5 Å². The van der Waals surface area contributed by atoms with Crippen molar-refractivity contribution in [3.05, 3.63) is 41.3 Å². The quantitative estimate of drug-likeness (QED) is 0.830. The van der Waals surface area contributed by atoms with E-state index in [1.165, 1.54) is 0 Å². The fourth-order valence-corrected chi connectivity index (χ4v) is 3.06. The second-order valence-corrected chi connectivity index (χ2v) is 6.84. The number of hydrogen-bond donors (Lipinski definition) is 0. The molecular formula is C18H22N4O3. The van der Waals surface area contributed by atoms with Crippen LogP contribution in [-0.2, 0) is 11.3 Å². The van der Waals surface area contributed by atoms with E-state index in [-0.39, 0.29) is 12.0 Å². The van der Waals surface area contributed by atoms with E-state index in [1.807, 2.05) is 24.0 Å². The Morgan fingerprint density at radius 1 is 1.36 bits per heavy atom. The Labute approximate surface area is 146 Å². The molecule has 7 nitrogen and oxygen atoms in total. The van der Waals surface area contributed by atoms with Gasteiger partial charge in [0.15, 0.2) is 5.82 Å². The summed E-state index contributed by atoms with van der Waals surface area (Å²) in [6.07, 6.45) is 5.78. The van der Waals surface area contributed by atoms with Crippen molar-refractivity contribution in [1.29, 1.82) is 0 Å². The van der Waals surface area contributed by atoms with Crippen molar-refractivity contribution in [2.75, 3.05) is 13.1 Å². The fourth-order valence-electron chi connectivity index (χ4n) is 3.06. The molecular weight excluding hydrogens is 320 g/mol. The van der Waals surface area contributed by atoms with E-state index in [4.69, 9.17) is 9.26 Å². The number of pyridine rings is 1. The molecule has 4 rings (SSSR count). The number of amides is 1. The Bertz CT molecular complexity index is 739. The third-order valence-electron chi connectivity index (χ3n) is 4.69. The zero-order chi connectivity index (χ0) is 17.2. The maximum atomic E-state index is 12.6. The van der Waals surface area contributed by atoms with Crippen LogP contribution in [0.5, 0.6) is 0 Å². The van der Waals surface area contributed by atoms with Crippen molar-refractivity contribution in [1.82, 2.24) is 20.0 Å². The summed E-state index contributed by atoms with van der Waals surface area (Å²) in [5, 5.41) is 3.99. The van der Waals surface area contributed by atoms with Gasteiger partial charge in [-0.05, 0) is 44.7 Å². The number of piperidine rings is 1. The normalized spacial score (nSPS) is 20.7. The average molecular weight is 342 g/mol. The molecule has 132 valence electrons. The average Bonchev–Trinajstić information content (AvgIpc) is 3.39. The number of carbonyl (C=O) groups excluding carboxylic acids is 1. The number of nitrogens with zero attached hydrogens (tertiary/aromatic N) is 4. The van der Waals surface area contributed by atoms with Crippen LogP contribution in [0, 0.1) is 6.92 Å². The minimum absolute atomic E-state index is 0.00705. The van der Waals surface area contributed by atoms with Gasteiger partial charge in [0, 0.05) is 30.9 Å². The van der Waals surface area contributed by atoms with E-state index < -0.39 is 0 Å². The molecule has 1 aliphatic heterocycles. The van der Waals surface area contributed by atoms with Crippen molar-refractivity contribution < 1.29 is 14.1 Å². The Morgan fingerprint density at radius 3 is 3.00 bits per heavy atom. The number of rotatable bonds is 5. The lowest BCUT2D eigenvalue weighted by Gasteiger charge is -2.32. The van der Waals surface area contributed by atoms with Crippen molar-refractivity contribution in [3.63, 3.8) is 0 Å². The van der Waals surface area contributed by atoms with Crippen LogP contribution in [0.25, 0.3) is 0 Å². The minimum atomic E-state index is -0.00705. The van der Waals surface area contributed by atoms with E-state index in [2.05, 4.69) is 15.1 Å². The molecule has 3 heterocycles. The molecule has 0 N–H and O–H groups in total. The maximum absolute atomic E-state index is 12.6. The Balaban J connectivity index is 1.32. The first-order valence-electron chi connectivity index (χ1n) is 8.85. The van der Waals surface area contributed by atoms with Gasteiger partial charge in [0.2, 0.25) is 0 Å². The predicted octanol–water partition coefficient (Wildman–Crippen LogP) is 2.47. The molecule has 0 radical (unpaired) electrons. The number of hydrogen-bond acceptors (Lipinski definition) is 6. The monoisotopic (exact) mass is 342 g/mol. The van der Waals surface area contributed by atoms with E-state index in [9.17, 15) is 4.79 Å². The van der Waals surface area contributed by atoms with Gasteiger partial charge < -0.3 is 14.2 Å². The zero-order valence-corrected chi connectivity index (χ0v) is 14.4. The standard InChI is InChI=1S/C18H22N4O3/c1-12-4-5-14(9-19-12)18(23)22-8-2-3-15(10-22)24-11-16-20-17(21-25-16)13-6-7-13/h4-5,9,13,15H,2-3,6-8,10-11H2,1H3/t15-/m0/s1. The van der Waals surface area contributed by atoms with Gasteiger partial charge in [0.05, 0.1) is 11.7 Å². The zero-order valence-electron chi connectivity index (χ0n) is 14.4. The molecule has 2 aliphatic rings. The molecule has 0 bridgehead atoms. The summed E-state index contributed by atoms with van der Waals surface area (Å²) in [5.74, 6) is 1.80. The number of aromatic nitrogens is 3. The number of ether oxygens (including phenoxy) is 1. The predicted molar refractivity (Wildman–Crippen MR) is 89.0 cm³/mol. The van der Waals surface area contributed by atoms with Crippen molar-refractivity contribution in [3.8, 4) is 0 Å². The summed E-state index contributed by atoms with van der Waals surface area (Å²) >= 11 is 0. The summed E-state index contributed by atoms with van der Waals surface area (Å²) in [5.41, 5.74) is 1.53. The van der Waals surface area contributed by atoms with Crippen LogP contribution in [-0.4, -0.2) is 45.1 Å². The highest BCUT2D eigenvalue weighted by Crippen LogP contribution is 2.38. The van der Waals surface area contributed by atoms with Crippen LogP contribution in [0.2, 0.25) is 0 Å². The van der Waals surface area contributed by atoms with Crippen LogP contribution in [0.3, 0.4) is 0 Å². The molecule has 1 atom stereocenters. The molecule has 25 heavy (non-hydrogen) atoms. The second-order valence-electron chi connectivity index (χ2n) is 6.84. The first kappa shape index (κ1) is 16.2. The summed E-state index contributed by atoms with van der Waals surface area (Å²) in [7, 11) is 0. The number of carbonyl (C=O) groups is 1. The highest BCUT2D eigenvalue weighted by Gasteiger charge is 2.29. The largest absolute Gasteiger partial charge is 0.367 e. The summed E-state index contributed by atoms with van der Waals surface area (Å²) in [4.78, 5) is 23.0. The Morgan fingerprint density at radius 2 is 2.24 bits per heavy atom. The lowest BCUT2D eigenvalue weighted by Crippen LogP contribution is -2.43. The lowest BCUT2D eigenvalue weighted by molar-refractivity contribution is -0.0153. The van der Waals surface area contributed by atoms with Gasteiger partial charge in [-0.3, -0.25) is 9.78 Å². The Hall–Kier alpha value is -2.28. The van der Waals surface area contributed by atoms with Crippen LogP contribution >= 0.6 is 0 Å². The minimum Gasteiger partial charge on any atom is -0.367 e. The second kappa shape index (κ2) is 6.92.